The van der Waals surface area contributed by atoms with E-state index in [9.17, 15) is 0 Å². The molecule has 2 aromatic rings. The summed E-state index contributed by atoms with van der Waals surface area (Å²) in [5.74, 6) is 6.77. The molecule has 0 bridgehead atoms. The Morgan fingerprint density at radius 2 is 2.23 bits per heavy atom. The lowest BCUT2D eigenvalue weighted by Gasteiger charge is -1.97. The van der Waals surface area contributed by atoms with Gasteiger partial charge in [0.05, 0.1) is 11.8 Å². The number of rotatable bonds is 1. The molecule has 0 atom stereocenters. The van der Waals surface area contributed by atoms with E-state index in [1.807, 2.05) is 0 Å². The van der Waals surface area contributed by atoms with E-state index < -0.39 is 0 Å². The number of hydrogen-bond donors (Lipinski definition) is 2. The lowest BCUT2D eigenvalue weighted by Crippen LogP contribution is -2.13. The third-order valence-electron chi connectivity index (χ3n) is 1.71. The smallest absolute Gasteiger partial charge is 0.241 e. The highest BCUT2D eigenvalue weighted by Crippen LogP contribution is 2.20. The molecule has 68 valence electrons. The first kappa shape index (κ1) is 7.59. The second-order valence-electron chi connectivity index (χ2n) is 2.55. The van der Waals surface area contributed by atoms with Crippen LogP contribution in [-0.4, -0.2) is 20.0 Å². The van der Waals surface area contributed by atoms with E-state index in [0.717, 1.165) is 0 Å². The highest BCUT2D eigenvalue weighted by molar-refractivity contribution is 5.57. The molecule has 0 saturated carbocycles. The maximum absolute atomic E-state index is 5.56. The Bertz CT molecular complexity index is 430. The molecule has 7 nitrogen and oxygen atoms in total. The largest absolute Gasteiger partial charge is 0.366 e. The van der Waals surface area contributed by atoms with Crippen molar-refractivity contribution in [1.29, 1.82) is 0 Å². The maximum atomic E-state index is 5.56. The van der Waals surface area contributed by atoms with E-state index in [1.165, 1.54) is 10.9 Å². The highest BCUT2D eigenvalue weighted by Gasteiger charge is 2.14. The first-order chi connectivity index (χ1) is 6.20. The van der Waals surface area contributed by atoms with Crippen molar-refractivity contribution in [1.82, 2.24) is 20.0 Å². The van der Waals surface area contributed by atoms with Gasteiger partial charge >= 0.3 is 0 Å². The molecule has 0 aliphatic rings. The predicted molar refractivity (Wildman–Crippen MR) is 44.8 cm³/mol. The van der Waals surface area contributed by atoms with E-state index >= 15 is 0 Å². The fourth-order valence-electron chi connectivity index (χ4n) is 1.00. The number of nitrogens with two attached hydrogens (primary N) is 2. The van der Waals surface area contributed by atoms with Gasteiger partial charge in [0, 0.05) is 0 Å². The van der Waals surface area contributed by atoms with Gasteiger partial charge in [-0.25, -0.2) is 4.68 Å². The Labute approximate surface area is 73.3 Å². The number of aromatic nitrogens is 4. The van der Waals surface area contributed by atoms with Crippen LogP contribution in [0.5, 0.6) is 0 Å². The van der Waals surface area contributed by atoms with E-state index in [-0.39, 0.29) is 5.95 Å². The summed E-state index contributed by atoms with van der Waals surface area (Å²) in [5.41, 5.74) is 6.10. The lowest BCUT2D eigenvalue weighted by atomic mass is 10.3. The Morgan fingerprint density at radius 1 is 1.46 bits per heavy atom. The molecule has 2 aromatic heterocycles. The number of aryl methyl sites for hydroxylation is 1. The van der Waals surface area contributed by atoms with Crippen molar-refractivity contribution in [3.05, 3.63) is 12.0 Å². The second kappa shape index (κ2) is 2.47. The van der Waals surface area contributed by atoms with Gasteiger partial charge in [-0.1, -0.05) is 5.16 Å². The van der Waals surface area contributed by atoms with E-state index in [0.29, 0.717) is 17.1 Å². The minimum Gasteiger partial charge on any atom is -0.366 e. The van der Waals surface area contributed by atoms with Gasteiger partial charge < -0.3 is 16.1 Å². The number of anilines is 1. The van der Waals surface area contributed by atoms with E-state index in [1.54, 1.807) is 6.92 Å². The van der Waals surface area contributed by atoms with Gasteiger partial charge in [0.15, 0.2) is 5.82 Å². The van der Waals surface area contributed by atoms with E-state index in [4.69, 9.17) is 16.1 Å². The van der Waals surface area contributed by atoms with Crippen LogP contribution in [0.15, 0.2) is 10.7 Å². The van der Waals surface area contributed by atoms with Crippen LogP contribution in [-0.2, 0) is 0 Å². The standard InChI is InChI=1S/C6H8N6O/c1-3-4(2-9-13-3)5-10-11-6(7)12(5)8/h2H,8H2,1H3,(H2,7,11). The van der Waals surface area contributed by atoms with Crippen molar-refractivity contribution < 1.29 is 4.52 Å². The van der Waals surface area contributed by atoms with Gasteiger partial charge in [-0.05, 0) is 6.92 Å². The van der Waals surface area contributed by atoms with Crippen LogP contribution in [0.1, 0.15) is 5.76 Å². The quantitative estimate of drug-likeness (QED) is 0.574. The van der Waals surface area contributed by atoms with Gasteiger partial charge in [-0.3, -0.25) is 0 Å². The zero-order valence-corrected chi connectivity index (χ0v) is 6.93. The van der Waals surface area contributed by atoms with Gasteiger partial charge in [-0.15, -0.1) is 10.2 Å². The normalized spacial score (nSPS) is 10.5. The Kier molecular flexibility index (Phi) is 1.44. The van der Waals surface area contributed by atoms with Gasteiger partial charge in [0.2, 0.25) is 5.95 Å². The summed E-state index contributed by atoms with van der Waals surface area (Å²) in [6, 6.07) is 0. The molecule has 13 heavy (non-hydrogen) atoms. The molecule has 0 saturated heterocycles. The number of nitrogens with zero attached hydrogens (tertiary/aromatic N) is 4. The molecule has 2 rings (SSSR count). The molecule has 0 radical (unpaired) electrons. The topological polar surface area (TPSA) is 109 Å². The lowest BCUT2D eigenvalue weighted by molar-refractivity contribution is 0.398. The number of nitrogen functional groups attached to an aromatic ring is 2. The molecule has 0 aromatic carbocycles. The summed E-state index contributed by atoms with van der Waals surface area (Å²) in [6.45, 7) is 1.76. The molecule has 0 spiro atoms. The van der Waals surface area contributed by atoms with Crippen LogP contribution in [0.2, 0.25) is 0 Å². The van der Waals surface area contributed by atoms with Crippen molar-refractivity contribution in [3.8, 4) is 11.4 Å². The maximum Gasteiger partial charge on any atom is 0.241 e. The minimum atomic E-state index is 0.149. The third-order valence-corrected chi connectivity index (χ3v) is 1.71. The Hall–Kier alpha value is -2.05. The van der Waals surface area contributed by atoms with Crippen LogP contribution in [0.25, 0.3) is 11.4 Å². The molecular formula is C6H8N6O. The molecule has 0 aliphatic carbocycles. The van der Waals surface area contributed by atoms with Crippen molar-refractivity contribution in [3.63, 3.8) is 0 Å². The molecule has 0 fully saturated rings. The van der Waals surface area contributed by atoms with Crippen molar-refractivity contribution >= 4 is 5.95 Å². The SMILES string of the molecule is Cc1oncc1-c1nnc(N)n1N. The van der Waals surface area contributed by atoms with Crippen LogP contribution >= 0.6 is 0 Å². The first-order valence-corrected chi connectivity index (χ1v) is 3.57. The fraction of sp³-hybridized carbons (Fsp3) is 0.167. The van der Waals surface area contributed by atoms with E-state index in [2.05, 4.69) is 15.4 Å². The molecule has 0 aliphatic heterocycles. The van der Waals surface area contributed by atoms with Gasteiger partial charge in [0.1, 0.15) is 5.76 Å². The average molecular weight is 180 g/mol. The van der Waals surface area contributed by atoms with Crippen LogP contribution in [0, 0.1) is 6.92 Å². The van der Waals surface area contributed by atoms with Crippen LogP contribution in [0.3, 0.4) is 0 Å². The number of hydrogen-bond acceptors (Lipinski definition) is 6. The third kappa shape index (κ3) is 1.01. The van der Waals surface area contributed by atoms with Crippen LogP contribution in [0.4, 0.5) is 5.95 Å². The second-order valence-corrected chi connectivity index (χ2v) is 2.55. The molecule has 0 unspecified atom stereocenters. The van der Waals surface area contributed by atoms with Gasteiger partial charge in [-0.2, -0.15) is 0 Å². The summed E-state index contributed by atoms with van der Waals surface area (Å²) < 4.78 is 6.04. The zero-order chi connectivity index (χ0) is 9.42. The van der Waals surface area contributed by atoms with Crippen LogP contribution < -0.4 is 11.6 Å². The monoisotopic (exact) mass is 180 g/mol. The molecular weight excluding hydrogens is 172 g/mol. The predicted octanol–water partition coefficient (Wildman–Crippen LogP) is -0.462. The fourth-order valence-corrected chi connectivity index (χ4v) is 1.00. The molecule has 7 heteroatoms. The summed E-state index contributed by atoms with van der Waals surface area (Å²) >= 11 is 0. The van der Waals surface area contributed by atoms with Crippen molar-refractivity contribution in [2.24, 2.45) is 0 Å². The summed E-state index contributed by atoms with van der Waals surface area (Å²) in [5, 5.41) is 11.0. The Morgan fingerprint density at radius 3 is 2.69 bits per heavy atom. The molecule has 4 N–H and O–H groups in total. The van der Waals surface area contributed by atoms with Gasteiger partial charge in [0.25, 0.3) is 0 Å². The molecule has 2 heterocycles. The Balaban J connectivity index is 2.59. The summed E-state index contributed by atoms with van der Waals surface area (Å²) in [7, 11) is 0. The zero-order valence-electron chi connectivity index (χ0n) is 6.93. The summed E-state index contributed by atoms with van der Waals surface area (Å²) in [6.07, 6.45) is 1.52. The van der Waals surface area contributed by atoms with Crippen molar-refractivity contribution in [2.45, 2.75) is 6.92 Å². The minimum absolute atomic E-state index is 0.149. The first-order valence-electron chi connectivity index (χ1n) is 3.57. The highest BCUT2D eigenvalue weighted by atomic mass is 16.5. The molecule has 0 amide bonds. The average Bonchev–Trinajstić information content (AvgIpc) is 2.62. The van der Waals surface area contributed by atoms with Crippen molar-refractivity contribution in [2.75, 3.05) is 11.6 Å². The summed E-state index contributed by atoms with van der Waals surface area (Å²) in [4.78, 5) is 0.